The first-order valence-corrected chi connectivity index (χ1v) is 6.64. The van der Waals surface area contributed by atoms with E-state index >= 15 is 0 Å². The molecule has 1 aromatic heterocycles. The molecule has 2 rings (SSSR count). The number of hydrogen-bond donors (Lipinski definition) is 3. The lowest BCUT2D eigenvalue weighted by Crippen LogP contribution is -2.38. The highest BCUT2D eigenvalue weighted by molar-refractivity contribution is 5.95. The smallest absolute Gasteiger partial charge is 0.325 e. The van der Waals surface area contributed by atoms with Crippen LogP contribution in [0.25, 0.3) is 0 Å². The zero-order valence-electron chi connectivity index (χ0n) is 11.3. The van der Waals surface area contributed by atoms with Gasteiger partial charge in [0, 0.05) is 18.3 Å². The van der Waals surface area contributed by atoms with Gasteiger partial charge in [-0.25, -0.2) is 9.97 Å². The van der Waals surface area contributed by atoms with Crippen molar-refractivity contribution < 1.29 is 14.7 Å². The second-order valence-corrected chi connectivity index (χ2v) is 4.89. The maximum Gasteiger partial charge on any atom is 0.325 e. The van der Waals surface area contributed by atoms with Crippen LogP contribution >= 0.6 is 0 Å². The van der Waals surface area contributed by atoms with Gasteiger partial charge in [-0.1, -0.05) is 0 Å². The molecule has 1 aromatic rings. The number of carboxylic acid groups (broad SMARTS) is 1. The molecule has 20 heavy (non-hydrogen) atoms. The number of carboxylic acids is 1. The van der Waals surface area contributed by atoms with E-state index in [2.05, 4.69) is 20.6 Å². The second-order valence-electron chi connectivity index (χ2n) is 4.89. The monoisotopic (exact) mass is 278 g/mol. The first-order chi connectivity index (χ1) is 9.58. The zero-order chi connectivity index (χ0) is 14.5. The lowest BCUT2D eigenvalue weighted by molar-refractivity contribution is -0.138. The Hall–Kier alpha value is -2.02. The van der Waals surface area contributed by atoms with E-state index < -0.39 is 17.9 Å². The lowest BCUT2D eigenvalue weighted by atomic mass is 9.97. The molecule has 0 unspecified atom stereocenters. The van der Waals surface area contributed by atoms with Gasteiger partial charge in [-0.2, -0.15) is 0 Å². The number of carbonyl (C=O) groups is 2. The molecular formula is C13H18N4O3. The van der Waals surface area contributed by atoms with Crippen LogP contribution in [0.3, 0.4) is 0 Å². The van der Waals surface area contributed by atoms with Crippen LogP contribution in [0, 0.1) is 0 Å². The molecule has 7 heteroatoms. The van der Waals surface area contributed by atoms with Crippen LogP contribution in [-0.2, 0) is 4.79 Å². The van der Waals surface area contributed by atoms with Crippen molar-refractivity contribution >= 4 is 11.9 Å². The normalized spacial score (nSPS) is 17.4. The standard InChI is InChI=1S/C13H18N4O3/c1-8(13(19)20)17-12(18)10-6-15-11(16-7-10)9-2-4-14-5-3-9/h6-9,14H,2-5H2,1H3,(H,17,18)(H,19,20)/t8-/m0/s1. The van der Waals surface area contributed by atoms with Gasteiger partial charge in [-0.3, -0.25) is 9.59 Å². The summed E-state index contributed by atoms with van der Waals surface area (Å²) in [5, 5.41) is 14.4. The minimum absolute atomic E-state index is 0.274. The number of hydrogen-bond acceptors (Lipinski definition) is 5. The minimum Gasteiger partial charge on any atom is -0.480 e. The molecule has 1 aliphatic heterocycles. The maximum atomic E-state index is 11.8. The Balaban J connectivity index is 2.00. The van der Waals surface area contributed by atoms with E-state index in [0.717, 1.165) is 31.8 Å². The quantitative estimate of drug-likeness (QED) is 0.724. The van der Waals surface area contributed by atoms with E-state index in [1.54, 1.807) is 0 Å². The molecule has 0 aromatic carbocycles. The number of amides is 1. The van der Waals surface area contributed by atoms with Crippen LogP contribution in [0.15, 0.2) is 12.4 Å². The van der Waals surface area contributed by atoms with Crippen molar-refractivity contribution in [3.05, 3.63) is 23.8 Å². The van der Waals surface area contributed by atoms with Gasteiger partial charge >= 0.3 is 5.97 Å². The number of nitrogens with zero attached hydrogens (tertiary/aromatic N) is 2. The van der Waals surface area contributed by atoms with Crippen molar-refractivity contribution in [2.75, 3.05) is 13.1 Å². The predicted molar refractivity (Wildman–Crippen MR) is 71.4 cm³/mol. The summed E-state index contributed by atoms with van der Waals surface area (Å²) in [4.78, 5) is 30.9. The van der Waals surface area contributed by atoms with Crippen LogP contribution in [0.2, 0.25) is 0 Å². The van der Waals surface area contributed by atoms with Crippen molar-refractivity contribution in [2.45, 2.75) is 31.7 Å². The van der Waals surface area contributed by atoms with Crippen LogP contribution < -0.4 is 10.6 Å². The number of piperidine rings is 1. The first-order valence-electron chi connectivity index (χ1n) is 6.64. The molecule has 0 spiro atoms. The molecule has 1 aliphatic rings. The Morgan fingerprint density at radius 3 is 2.50 bits per heavy atom. The Kier molecular flexibility index (Phi) is 4.62. The van der Waals surface area contributed by atoms with E-state index in [0.29, 0.717) is 5.92 Å². The molecule has 0 saturated carbocycles. The average Bonchev–Trinajstić information content (AvgIpc) is 2.48. The highest BCUT2D eigenvalue weighted by atomic mass is 16.4. The van der Waals surface area contributed by atoms with Gasteiger partial charge in [-0.05, 0) is 32.9 Å². The lowest BCUT2D eigenvalue weighted by Gasteiger charge is -2.21. The summed E-state index contributed by atoms with van der Waals surface area (Å²) in [6, 6.07) is -0.938. The highest BCUT2D eigenvalue weighted by Gasteiger charge is 2.19. The number of rotatable bonds is 4. The molecule has 1 fully saturated rings. The Bertz CT molecular complexity index is 483. The molecule has 108 valence electrons. The first kappa shape index (κ1) is 14.4. The summed E-state index contributed by atoms with van der Waals surface area (Å²) >= 11 is 0. The summed E-state index contributed by atoms with van der Waals surface area (Å²) in [5.74, 6) is -0.483. The molecule has 0 aliphatic carbocycles. The Labute approximate surface area is 116 Å². The third kappa shape index (κ3) is 3.51. The SMILES string of the molecule is C[C@H](NC(=O)c1cnc(C2CCNCC2)nc1)C(=O)O. The van der Waals surface area contributed by atoms with E-state index in [1.165, 1.54) is 19.3 Å². The Morgan fingerprint density at radius 1 is 1.35 bits per heavy atom. The fourth-order valence-corrected chi connectivity index (χ4v) is 2.09. The summed E-state index contributed by atoms with van der Waals surface area (Å²) in [5.41, 5.74) is 0.274. The second kappa shape index (κ2) is 6.42. The molecule has 7 nitrogen and oxygen atoms in total. The number of aromatic nitrogens is 2. The van der Waals surface area contributed by atoms with Gasteiger partial charge in [0.15, 0.2) is 0 Å². The van der Waals surface area contributed by atoms with E-state index in [9.17, 15) is 9.59 Å². The largest absolute Gasteiger partial charge is 0.480 e. The van der Waals surface area contributed by atoms with E-state index in [4.69, 9.17) is 5.11 Å². The van der Waals surface area contributed by atoms with E-state index in [1.807, 2.05) is 0 Å². The van der Waals surface area contributed by atoms with E-state index in [-0.39, 0.29) is 5.56 Å². The summed E-state index contributed by atoms with van der Waals surface area (Å²) in [6.45, 7) is 3.31. The topological polar surface area (TPSA) is 104 Å². The zero-order valence-corrected chi connectivity index (χ0v) is 11.3. The summed E-state index contributed by atoms with van der Waals surface area (Å²) in [6.07, 6.45) is 4.88. The van der Waals surface area contributed by atoms with Gasteiger partial charge in [0.25, 0.3) is 5.91 Å². The average molecular weight is 278 g/mol. The van der Waals surface area contributed by atoms with Crippen molar-refractivity contribution in [3.63, 3.8) is 0 Å². The van der Waals surface area contributed by atoms with Gasteiger partial charge in [0.2, 0.25) is 0 Å². The summed E-state index contributed by atoms with van der Waals surface area (Å²) < 4.78 is 0. The number of aliphatic carboxylic acids is 1. The molecule has 3 N–H and O–H groups in total. The molecule has 1 saturated heterocycles. The molecule has 0 radical (unpaired) electrons. The fraction of sp³-hybridized carbons (Fsp3) is 0.538. The van der Waals surface area contributed by atoms with Crippen molar-refractivity contribution in [3.8, 4) is 0 Å². The third-order valence-corrected chi connectivity index (χ3v) is 3.36. The molecular weight excluding hydrogens is 260 g/mol. The van der Waals surface area contributed by atoms with Gasteiger partial charge in [0.1, 0.15) is 11.9 Å². The van der Waals surface area contributed by atoms with Crippen LogP contribution in [0.5, 0.6) is 0 Å². The Morgan fingerprint density at radius 2 is 1.95 bits per heavy atom. The molecule has 2 heterocycles. The van der Waals surface area contributed by atoms with Crippen molar-refractivity contribution in [1.82, 2.24) is 20.6 Å². The van der Waals surface area contributed by atoms with Crippen LogP contribution in [0.1, 0.15) is 41.9 Å². The van der Waals surface area contributed by atoms with Gasteiger partial charge in [0.05, 0.1) is 5.56 Å². The predicted octanol–water partition coefficient (Wildman–Crippen LogP) is 0.147. The summed E-state index contributed by atoms with van der Waals surface area (Å²) in [7, 11) is 0. The maximum absolute atomic E-state index is 11.8. The molecule has 1 atom stereocenters. The number of nitrogens with one attached hydrogen (secondary N) is 2. The van der Waals surface area contributed by atoms with Crippen molar-refractivity contribution in [1.29, 1.82) is 0 Å². The molecule has 1 amide bonds. The van der Waals surface area contributed by atoms with Crippen LogP contribution in [0.4, 0.5) is 0 Å². The van der Waals surface area contributed by atoms with Gasteiger partial charge in [-0.15, -0.1) is 0 Å². The highest BCUT2D eigenvalue weighted by Crippen LogP contribution is 2.21. The van der Waals surface area contributed by atoms with Crippen LogP contribution in [-0.4, -0.2) is 46.1 Å². The third-order valence-electron chi connectivity index (χ3n) is 3.36. The molecule has 0 bridgehead atoms. The fourth-order valence-electron chi connectivity index (χ4n) is 2.09. The van der Waals surface area contributed by atoms with Gasteiger partial charge < -0.3 is 15.7 Å². The van der Waals surface area contributed by atoms with Crippen molar-refractivity contribution in [2.24, 2.45) is 0 Å². The minimum atomic E-state index is -1.08. The number of carbonyl (C=O) groups excluding carboxylic acids is 1.